The zero-order valence-electron chi connectivity index (χ0n) is 10.1. The molecule has 0 aliphatic heterocycles. The first kappa shape index (κ1) is 12.6. The van der Waals surface area contributed by atoms with Gasteiger partial charge in [0.15, 0.2) is 0 Å². The van der Waals surface area contributed by atoms with Crippen LogP contribution in [-0.4, -0.2) is 22.2 Å². The second kappa shape index (κ2) is 5.66. The molecule has 0 atom stereocenters. The van der Waals surface area contributed by atoms with Crippen LogP contribution < -0.4 is 10.2 Å². The van der Waals surface area contributed by atoms with Crippen LogP contribution in [-0.2, 0) is 6.61 Å². The standard InChI is InChI=1S/C13H14BNO3/c1-10-7-12(14(16)17)8-15-13(10)18-9-11-5-3-2-4-6-11/h2-8,16-17H,9H2,1H3. The van der Waals surface area contributed by atoms with Gasteiger partial charge in [-0.2, -0.15) is 0 Å². The van der Waals surface area contributed by atoms with Crippen molar-refractivity contribution in [3.05, 3.63) is 53.7 Å². The molecule has 5 heteroatoms. The van der Waals surface area contributed by atoms with Gasteiger partial charge < -0.3 is 14.8 Å². The van der Waals surface area contributed by atoms with Gasteiger partial charge in [-0.3, -0.25) is 0 Å². The molecule has 0 fully saturated rings. The van der Waals surface area contributed by atoms with E-state index in [-0.39, 0.29) is 0 Å². The van der Waals surface area contributed by atoms with Crippen LogP contribution in [0.2, 0.25) is 0 Å². The third-order valence-electron chi connectivity index (χ3n) is 2.57. The van der Waals surface area contributed by atoms with Crippen LogP contribution in [0.4, 0.5) is 0 Å². The van der Waals surface area contributed by atoms with E-state index in [9.17, 15) is 0 Å². The van der Waals surface area contributed by atoms with Crippen LogP contribution >= 0.6 is 0 Å². The van der Waals surface area contributed by atoms with Crippen molar-refractivity contribution in [2.45, 2.75) is 13.5 Å². The molecule has 18 heavy (non-hydrogen) atoms. The quantitative estimate of drug-likeness (QED) is 0.774. The highest BCUT2D eigenvalue weighted by Gasteiger charge is 2.13. The van der Waals surface area contributed by atoms with Crippen molar-refractivity contribution < 1.29 is 14.8 Å². The summed E-state index contributed by atoms with van der Waals surface area (Å²) in [6.07, 6.45) is 1.40. The van der Waals surface area contributed by atoms with Crippen molar-refractivity contribution in [1.29, 1.82) is 0 Å². The third-order valence-corrected chi connectivity index (χ3v) is 2.57. The minimum Gasteiger partial charge on any atom is -0.473 e. The van der Waals surface area contributed by atoms with Crippen molar-refractivity contribution in [1.82, 2.24) is 4.98 Å². The van der Waals surface area contributed by atoms with E-state index in [1.54, 1.807) is 6.07 Å². The molecule has 1 aromatic heterocycles. The molecular formula is C13H14BNO3. The molecule has 0 saturated carbocycles. The Balaban J connectivity index is 2.06. The zero-order chi connectivity index (χ0) is 13.0. The van der Waals surface area contributed by atoms with Crippen LogP contribution in [0.15, 0.2) is 42.6 Å². The second-order valence-corrected chi connectivity index (χ2v) is 4.04. The van der Waals surface area contributed by atoms with Crippen molar-refractivity contribution in [2.75, 3.05) is 0 Å². The summed E-state index contributed by atoms with van der Waals surface area (Å²) < 4.78 is 5.58. The summed E-state index contributed by atoms with van der Waals surface area (Å²) in [6, 6.07) is 11.4. The Labute approximate surface area is 106 Å². The summed E-state index contributed by atoms with van der Waals surface area (Å²) in [5.74, 6) is 0.503. The highest BCUT2D eigenvalue weighted by molar-refractivity contribution is 6.58. The molecular weight excluding hydrogens is 229 g/mol. The van der Waals surface area contributed by atoms with Gasteiger partial charge in [0.05, 0.1) is 0 Å². The smallest absolute Gasteiger partial charge is 0.473 e. The van der Waals surface area contributed by atoms with Gasteiger partial charge in [-0.1, -0.05) is 36.4 Å². The molecule has 2 aromatic rings. The predicted molar refractivity (Wildman–Crippen MR) is 69.6 cm³/mol. The number of rotatable bonds is 4. The van der Waals surface area contributed by atoms with Gasteiger partial charge in [0.2, 0.25) is 5.88 Å². The number of aromatic nitrogens is 1. The fourth-order valence-electron chi connectivity index (χ4n) is 1.60. The lowest BCUT2D eigenvalue weighted by Gasteiger charge is -2.09. The predicted octanol–water partition coefficient (Wildman–Crippen LogP) is 0.649. The summed E-state index contributed by atoms with van der Waals surface area (Å²) in [5, 5.41) is 18.0. The molecule has 0 bridgehead atoms. The van der Waals surface area contributed by atoms with Gasteiger partial charge in [-0.25, -0.2) is 4.98 Å². The van der Waals surface area contributed by atoms with Crippen molar-refractivity contribution in [3.8, 4) is 5.88 Å². The largest absolute Gasteiger partial charge is 0.490 e. The Hall–Kier alpha value is -1.85. The summed E-state index contributed by atoms with van der Waals surface area (Å²) in [7, 11) is -1.50. The molecule has 2 rings (SSSR count). The fraction of sp³-hybridized carbons (Fsp3) is 0.154. The maximum absolute atomic E-state index is 9.02. The van der Waals surface area contributed by atoms with Gasteiger partial charge in [0.1, 0.15) is 6.61 Å². The van der Waals surface area contributed by atoms with Gasteiger partial charge >= 0.3 is 7.12 Å². The van der Waals surface area contributed by atoms with Crippen LogP contribution in [0.5, 0.6) is 5.88 Å². The molecule has 2 N–H and O–H groups in total. The summed E-state index contributed by atoms with van der Waals surface area (Å²) in [4.78, 5) is 4.07. The molecule has 1 aromatic carbocycles. The summed E-state index contributed by atoms with van der Waals surface area (Å²) >= 11 is 0. The Morgan fingerprint density at radius 3 is 2.56 bits per heavy atom. The van der Waals surface area contributed by atoms with Gasteiger partial charge in [-0.15, -0.1) is 0 Å². The Morgan fingerprint density at radius 2 is 1.94 bits per heavy atom. The Morgan fingerprint density at radius 1 is 1.22 bits per heavy atom. The minimum atomic E-state index is -1.50. The lowest BCUT2D eigenvalue weighted by atomic mass is 9.81. The van der Waals surface area contributed by atoms with E-state index in [1.165, 1.54) is 6.20 Å². The maximum atomic E-state index is 9.02. The van der Waals surface area contributed by atoms with E-state index in [1.807, 2.05) is 37.3 Å². The second-order valence-electron chi connectivity index (χ2n) is 4.04. The lowest BCUT2D eigenvalue weighted by Crippen LogP contribution is -2.30. The van der Waals surface area contributed by atoms with Gasteiger partial charge in [0, 0.05) is 17.2 Å². The number of pyridine rings is 1. The molecule has 4 nitrogen and oxygen atoms in total. The van der Waals surface area contributed by atoms with E-state index >= 15 is 0 Å². The van der Waals surface area contributed by atoms with E-state index in [4.69, 9.17) is 14.8 Å². The molecule has 0 aliphatic carbocycles. The molecule has 0 saturated heterocycles. The monoisotopic (exact) mass is 243 g/mol. The van der Waals surface area contributed by atoms with E-state index in [2.05, 4.69) is 4.98 Å². The number of nitrogens with zero attached hydrogens (tertiary/aromatic N) is 1. The van der Waals surface area contributed by atoms with Crippen molar-refractivity contribution in [3.63, 3.8) is 0 Å². The van der Waals surface area contributed by atoms with Gasteiger partial charge in [-0.05, 0) is 12.5 Å². The van der Waals surface area contributed by atoms with E-state index in [0.29, 0.717) is 17.9 Å². The first-order chi connectivity index (χ1) is 8.66. The van der Waals surface area contributed by atoms with Crippen molar-refractivity contribution in [2.24, 2.45) is 0 Å². The van der Waals surface area contributed by atoms with Crippen LogP contribution in [0.1, 0.15) is 11.1 Å². The first-order valence-electron chi connectivity index (χ1n) is 5.66. The molecule has 0 amide bonds. The topological polar surface area (TPSA) is 62.6 Å². The van der Waals surface area contributed by atoms with E-state index < -0.39 is 7.12 Å². The number of ether oxygens (including phenoxy) is 1. The summed E-state index contributed by atoms with van der Waals surface area (Å²) in [5.41, 5.74) is 2.20. The molecule has 0 aliphatic rings. The fourth-order valence-corrected chi connectivity index (χ4v) is 1.60. The highest BCUT2D eigenvalue weighted by Crippen LogP contribution is 2.13. The maximum Gasteiger partial charge on any atom is 0.490 e. The van der Waals surface area contributed by atoms with Crippen molar-refractivity contribution >= 4 is 12.6 Å². The normalized spacial score (nSPS) is 10.2. The van der Waals surface area contributed by atoms with Crippen LogP contribution in [0, 0.1) is 6.92 Å². The summed E-state index contributed by atoms with van der Waals surface area (Å²) in [6.45, 7) is 2.26. The third kappa shape index (κ3) is 3.09. The SMILES string of the molecule is Cc1cc(B(O)O)cnc1OCc1ccccc1. The number of hydrogen-bond acceptors (Lipinski definition) is 4. The molecule has 92 valence electrons. The number of benzene rings is 1. The average molecular weight is 243 g/mol. The average Bonchev–Trinajstić information content (AvgIpc) is 2.38. The minimum absolute atomic E-state index is 0.361. The first-order valence-corrected chi connectivity index (χ1v) is 5.66. The molecule has 0 radical (unpaired) electrons. The molecule has 0 spiro atoms. The Kier molecular flexibility index (Phi) is 3.97. The zero-order valence-corrected chi connectivity index (χ0v) is 10.1. The Bertz CT molecular complexity index is 517. The van der Waals surface area contributed by atoms with Gasteiger partial charge in [0.25, 0.3) is 0 Å². The lowest BCUT2D eigenvalue weighted by molar-refractivity contribution is 0.291. The van der Waals surface area contributed by atoms with Crippen LogP contribution in [0.25, 0.3) is 0 Å². The molecule has 0 unspecified atom stereocenters. The molecule has 1 heterocycles. The number of hydrogen-bond donors (Lipinski definition) is 2. The van der Waals surface area contributed by atoms with Crippen LogP contribution in [0.3, 0.4) is 0 Å². The van der Waals surface area contributed by atoms with E-state index in [0.717, 1.165) is 11.1 Å². The highest BCUT2D eigenvalue weighted by atomic mass is 16.5. The number of aryl methyl sites for hydroxylation is 1.